The van der Waals surface area contributed by atoms with E-state index in [1.54, 1.807) is 23.1 Å². The van der Waals surface area contributed by atoms with E-state index in [0.29, 0.717) is 43.3 Å². The molecule has 1 aromatic rings. The van der Waals surface area contributed by atoms with Crippen molar-refractivity contribution in [2.24, 2.45) is 0 Å². The van der Waals surface area contributed by atoms with Crippen molar-refractivity contribution >= 4 is 23.4 Å². The zero-order valence-corrected chi connectivity index (χ0v) is 13.0. The number of cyclic esters (lactones) is 1. The standard InChI is InChI=1S/C16H18N2O6/c19-8-14-12-3-5-23-13-7-10(17-4-6-22-9-15(17)20)1-2-11(13)18(12)16(21)24-14/h1-2,7,12,14,19H,3-6,8-9H2/t12-,14-/m0/s1. The Balaban J connectivity index is 1.69. The molecule has 24 heavy (non-hydrogen) atoms. The summed E-state index contributed by atoms with van der Waals surface area (Å²) in [5.41, 5.74) is 1.31. The minimum absolute atomic E-state index is 0.0661. The Kier molecular flexibility index (Phi) is 3.78. The molecule has 8 nitrogen and oxygen atoms in total. The van der Waals surface area contributed by atoms with Gasteiger partial charge in [-0.25, -0.2) is 4.79 Å². The molecule has 0 aliphatic carbocycles. The monoisotopic (exact) mass is 334 g/mol. The van der Waals surface area contributed by atoms with Crippen LogP contribution >= 0.6 is 0 Å². The van der Waals surface area contributed by atoms with Crippen LogP contribution in [-0.4, -0.2) is 62.2 Å². The highest BCUT2D eigenvalue weighted by atomic mass is 16.6. The first-order chi connectivity index (χ1) is 11.7. The van der Waals surface area contributed by atoms with Crippen LogP contribution in [0.1, 0.15) is 6.42 Å². The molecule has 3 heterocycles. The van der Waals surface area contributed by atoms with Crippen molar-refractivity contribution in [3.8, 4) is 5.75 Å². The number of morpholine rings is 1. The van der Waals surface area contributed by atoms with Gasteiger partial charge in [-0.2, -0.15) is 0 Å². The molecule has 0 saturated carbocycles. The highest BCUT2D eigenvalue weighted by molar-refractivity contribution is 5.97. The van der Waals surface area contributed by atoms with Crippen molar-refractivity contribution in [3.05, 3.63) is 18.2 Å². The van der Waals surface area contributed by atoms with E-state index in [1.165, 1.54) is 4.90 Å². The fraction of sp³-hybridized carbons (Fsp3) is 0.500. The maximum Gasteiger partial charge on any atom is 0.415 e. The van der Waals surface area contributed by atoms with Crippen molar-refractivity contribution in [1.29, 1.82) is 0 Å². The van der Waals surface area contributed by atoms with Crippen molar-refractivity contribution in [2.45, 2.75) is 18.6 Å². The molecule has 3 aliphatic rings. The molecule has 2 amide bonds. The summed E-state index contributed by atoms with van der Waals surface area (Å²) in [6.07, 6.45) is -0.467. The predicted octanol–water partition coefficient (Wildman–Crippen LogP) is 0.518. The van der Waals surface area contributed by atoms with E-state index < -0.39 is 12.2 Å². The average Bonchev–Trinajstić information content (AvgIpc) is 2.79. The van der Waals surface area contributed by atoms with E-state index in [9.17, 15) is 14.7 Å². The van der Waals surface area contributed by atoms with Crippen LogP contribution in [0.4, 0.5) is 16.2 Å². The SMILES string of the molecule is O=C1COCCN1c1ccc2c(c1)OCC[C@H]1[C@H](CO)OC(=O)N21. The maximum absolute atomic E-state index is 12.2. The molecule has 0 unspecified atom stereocenters. The van der Waals surface area contributed by atoms with Gasteiger partial charge in [0.25, 0.3) is 5.91 Å². The van der Waals surface area contributed by atoms with Gasteiger partial charge in [0.2, 0.25) is 0 Å². The summed E-state index contributed by atoms with van der Waals surface area (Å²) in [6, 6.07) is 5.06. The molecule has 0 bridgehead atoms. The molecule has 1 aromatic carbocycles. The van der Waals surface area contributed by atoms with Crippen LogP contribution in [0.25, 0.3) is 0 Å². The Hall–Kier alpha value is -2.32. The molecule has 0 aromatic heterocycles. The van der Waals surface area contributed by atoms with Crippen molar-refractivity contribution < 1.29 is 28.9 Å². The van der Waals surface area contributed by atoms with Crippen molar-refractivity contribution in [2.75, 3.05) is 42.8 Å². The lowest BCUT2D eigenvalue weighted by molar-refractivity contribution is -0.125. The molecule has 2 saturated heterocycles. The first kappa shape index (κ1) is 15.2. The lowest BCUT2D eigenvalue weighted by Gasteiger charge is -2.28. The Morgan fingerprint density at radius 2 is 2.12 bits per heavy atom. The first-order valence-corrected chi connectivity index (χ1v) is 7.94. The number of benzene rings is 1. The molecule has 4 rings (SSSR count). The number of anilines is 2. The molecule has 2 fully saturated rings. The minimum Gasteiger partial charge on any atom is -0.491 e. The Morgan fingerprint density at radius 3 is 2.92 bits per heavy atom. The quantitative estimate of drug-likeness (QED) is 0.848. The molecule has 128 valence electrons. The highest BCUT2D eigenvalue weighted by Gasteiger charge is 2.44. The summed E-state index contributed by atoms with van der Waals surface area (Å²) in [5, 5.41) is 9.41. The molecule has 3 aliphatic heterocycles. The number of hydrogen-bond acceptors (Lipinski definition) is 6. The predicted molar refractivity (Wildman–Crippen MR) is 83.3 cm³/mol. The summed E-state index contributed by atoms with van der Waals surface area (Å²) in [4.78, 5) is 27.4. The molecule has 0 spiro atoms. The van der Waals surface area contributed by atoms with Gasteiger partial charge in [0.05, 0.1) is 31.5 Å². The van der Waals surface area contributed by atoms with Crippen LogP contribution in [0.5, 0.6) is 5.75 Å². The van der Waals surface area contributed by atoms with E-state index in [4.69, 9.17) is 14.2 Å². The van der Waals surface area contributed by atoms with E-state index >= 15 is 0 Å². The number of carbonyl (C=O) groups is 2. The first-order valence-electron chi connectivity index (χ1n) is 7.94. The van der Waals surface area contributed by atoms with Crippen LogP contribution in [0.15, 0.2) is 18.2 Å². The highest BCUT2D eigenvalue weighted by Crippen LogP contribution is 2.40. The number of rotatable bonds is 2. The second-order valence-electron chi connectivity index (χ2n) is 5.93. The lowest BCUT2D eigenvalue weighted by Crippen LogP contribution is -2.41. The second kappa shape index (κ2) is 5.95. The van der Waals surface area contributed by atoms with Gasteiger partial charge in [-0.05, 0) is 12.1 Å². The van der Waals surface area contributed by atoms with Gasteiger partial charge in [0, 0.05) is 24.7 Å². The second-order valence-corrected chi connectivity index (χ2v) is 5.93. The maximum atomic E-state index is 12.2. The van der Waals surface area contributed by atoms with Gasteiger partial charge < -0.3 is 24.2 Å². The summed E-state index contributed by atoms with van der Waals surface area (Å²) in [7, 11) is 0. The Morgan fingerprint density at radius 1 is 1.25 bits per heavy atom. The number of amides is 2. The lowest BCUT2D eigenvalue weighted by atomic mass is 10.1. The third-order valence-electron chi connectivity index (χ3n) is 4.56. The smallest absolute Gasteiger partial charge is 0.415 e. The fourth-order valence-corrected chi connectivity index (χ4v) is 3.38. The number of aliphatic hydroxyl groups excluding tert-OH is 1. The number of hydrogen-bond donors (Lipinski definition) is 1. The Labute approximate surface area is 138 Å². The third-order valence-corrected chi connectivity index (χ3v) is 4.56. The molecule has 1 N–H and O–H groups in total. The summed E-state index contributed by atoms with van der Waals surface area (Å²) >= 11 is 0. The van der Waals surface area contributed by atoms with Crippen molar-refractivity contribution in [3.63, 3.8) is 0 Å². The van der Waals surface area contributed by atoms with Crippen molar-refractivity contribution in [1.82, 2.24) is 0 Å². The average molecular weight is 334 g/mol. The van der Waals surface area contributed by atoms with Gasteiger partial charge in [0.15, 0.2) is 0 Å². The van der Waals surface area contributed by atoms with Gasteiger partial charge >= 0.3 is 6.09 Å². The van der Waals surface area contributed by atoms with E-state index in [-0.39, 0.29) is 25.2 Å². The molecular weight excluding hydrogens is 316 g/mol. The largest absolute Gasteiger partial charge is 0.491 e. The topological polar surface area (TPSA) is 88.5 Å². The number of carbonyl (C=O) groups excluding carboxylic acids is 2. The van der Waals surface area contributed by atoms with Crippen LogP contribution in [-0.2, 0) is 14.3 Å². The van der Waals surface area contributed by atoms with Crippen LogP contribution in [0.3, 0.4) is 0 Å². The Bertz CT molecular complexity index is 679. The number of aliphatic hydroxyl groups is 1. The minimum atomic E-state index is -0.549. The molecule has 8 heteroatoms. The van der Waals surface area contributed by atoms with Gasteiger partial charge in [-0.3, -0.25) is 9.69 Å². The summed E-state index contributed by atoms with van der Waals surface area (Å²) in [5.74, 6) is 0.429. The van der Waals surface area contributed by atoms with Gasteiger partial charge in [0.1, 0.15) is 18.5 Å². The van der Waals surface area contributed by atoms with Gasteiger partial charge in [-0.15, -0.1) is 0 Å². The number of nitrogens with zero attached hydrogens (tertiary/aromatic N) is 2. The van der Waals surface area contributed by atoms with E-state index in [1.807, 2.05) is 0 Å². The van der Waals surface area contributed by atoms with Crippen LogP contribution in [0, 0.1) is 0 Å². The zero-order chi connectivity index (χ0) is 16.7. The van der Waals surface area contributed by atoms with E-state index in [2.05, 4.69) is 0 Å². The normalized spacial score (nSPS) is 26.4. The number of ether oxygens (including phenoxy) is 3. The van der Waals surface area contributed by atoms with E-state index in [0.717, 1.165) is 0 Å². The zero-order valence-electron chi connectivity index (χ0n) is 13.0. The summed E-state index contributed by atoms with van der Waals surface area (Å²) < 4.78 is 16.2. The fourth-order valence-electron chi connectivity index (χ4n) is 3.38. The summed E-state index contributed by atoms with van der Waals surface area (Å²) in [6.45, 7) is 1.22. The van der Waals surface area contributed by atoms with Crippen LogP contribution < -0.4 is 14.5 Å². The molecule has 0 radical (unpaired) electrons. The third kappa shape index (κ3) is 2.38. The molecule has 2 atom stereocenters. The van der Waals surface area contributed by atoms with Gasteiger partial charge in [-0.1, -0.05) is 0 Å². The number of fused-ring (bicyclic) bond motifs is 3. The van der Waals surface area contributed by atoms with Crippen LogP contribution in [0.2, 0.25) is 0 Å². The molecular formula is C16H18N2O6.